The summed E-state index contributed by atoms with van der Waals surface area (Å²) >= 11 is 1.75. The van der Waals surface area contributed by atoms with Crippen molar-refractivity contribution >= 4 is 11.3 Å². The molecular weight excluding hydrogens is 142 g/mol. The van der Waals surface area contributed by atoms with Crippen LogP contribution in [0, 0.1) is 0 Å². The van der Waals surface area contributed by atoms with Crippen molar-refractivity contribution in [3.8, 4) is 0 Å². The Morgan fingerprint density at radius 2 is 2.50 bits per heavy atom. The molecule has 0 aromatic carbocycles. The van der Waals surface area contributed by atoms with Gasteiger partial charge in [0.25, 0.3) is 0 Å². The molecule has 56 valence electrons. The van der Waals surface area contributed by atoms with E-state index in [4.69, 9.17) is 5.73 Å². The Morgan fingerprint density at radius 3 is 3.00 bits per heavy atom. The third-order valence-electron chi connectivity index (χ3n) is 1.47. The largest absolute Gasteiger partial charge is 0.328 e. The van der Waals surface area contributed by atoms with Gasteiger partial charge < -0.3 is 5.73 Å². The number of nitrogens with two attached hydrogens (primary N) is 1. The molecule has 1 aromatic rings. The molecule has 1 nitrogen and oxygen atoms in total. The zero-order chi connectivity index (χ0) is 7.40. The second-order valence-corrected chi connectivity index (χ2v) is 3.43. The second kappa shape index (κ2) is 3.74. The molecule has 2 heteroatoms. The standard InChI is InChI=1S/C8H13NS/c1-7(9)2-3-8-4-5-10-6-8/h4-7H,2-3,9H2,1H3/t7-/m1/s1. The first kappa shape index (κ1) is 7.76. The fourth-order valence-corrected chi connectivity index (χ4v) is 1.53. The van der Waals surface area contributed by atoms with Gasteiger partial charge in [-0.2, -0.15) is 11.3 Å². The van der Waals surface area contributed by atoms with Crippen molar-refractivity contribution < 1.29 is 0 Å². The van der Waals surface area contributed by atoms with Crippen LogP contribution in [-0.2, 0) is 6.42 Å². The van der Waals surface area contributed by atoms with Gasteiger partial charge in [-0.3, -0.25) is 0 Å². The Balaban J connectivity index is 2.28. The fourth-order valence-electron chi connectivity index (χ4n) is 0.829. The van der Waals surface area contributed by atoms with E-state index in [0.29, 0.717) is 6.04 Å². The van der Waals surface area contributed by atoms with Crippen molar-refractivity contribution in [2.45, 2.75) is 25.8 Å². The topological polar surface area (TPSA) is 26.0 Å². The highest BCUT2D eigenvalue weighted by Gasteiger charge is 1.95. The molecule has 0 saturated heterocycles. The molecule has 10 heavy (non-hydrogen) atoms. The molecule has 0 aliphatic heterocycles. The van der Waals surface area contributed by atoms with Crippen LogP contribution < -0.4 is 5.73 Å². The first-order valence-electron chi connectivity index (χ1n) is 3.55. The van der Waals surface area contributed by atoms with Gasteiger partial charge in [0.05, 0.1) is 0 Å². The first-order valence-corrected chi connectivity index (χ1v) is 4.50. The van der Waals surface area contributed by atoms with E-state index in [9.17, 15) is 0 Å². The molecule has 0 radical (unpaired) electrons. The molecule has 0 saturated carbocycles. The van der Waals surface area contributed by atoms with Crippen LogP contribution in [0.2, 0.25) is 0 Å². The SMILES string of the molecule is C[C@@H](N)CCc1ccsc1. The Morgan fingerprint density at radius 1 is 1.70 bits per heavy atom. The highest BCUT2D eigenvalue weighted by molar-refractivity contribution is 7.07. The molecule has 0 aliphatic carbocycles. The molecule has 1 heterocycles. The average Bonchev–Trinajstić information content (AvgIpc) is 2.34. The summed E-state index contributed by atoms with van der Waals surface area (Å²) in [4.78, 5) is 0. The van der Waals surface area contributed by atoms with Gasteiger partial charge in [0.2, 0.25) is 0 Å². The van der Waals surface area contributed by atoms with Gasteiger partial charge in [0.15, 0.2) is 0 Å². The molecule has 0 bridgehead atoms. The summed E-state index contributed by atoms with van der Waals surface area (Å²) in [6, 6.07) is 2.49. The Hall–Kier alpha value is -0.340. The highest BCUT2D eigenvalue weighted by atomic mass is 32.1. The molecule has 0 amide bonds. The number of thiophene rings is 1. The number of hydrogen-bond acceptors (Lipinski definition) is 2. The Bertz CT molecular complexity index is 167. The summed E-state index contributed by atoms with van der Waals surface area (Å²) in [6.45, 7) is 2.05. The van der Waals surface area contributed by atoms with E-state index in [2.05, 4.69) is 16.8 Å². The minimum atomic E-state index is 0.333. The lowest BCUT2D eigenvalue weighted by Gasteiger charge is -2.01. The van der Waals surface area contributed by atoms with Crippen LogP contribution in [0.25, 0.3) is 0 Å². The molecular formula is C8H13NS. The van der Waals surface area contributed by atoms with Crippen LogP contribution in [0.5, 0.6) is 0 Å². The molecule has 0 fully saturated rings. The van der Waals surface area contributed by atoms with Gasteiger partial charge in [0, 0.05) is 6.04 Å². The quantitative estimate of drug-likeness (QED) is 0.710. The lowest BCUT2D eigenvalue weighted by atomic mass is 10.1. The summed E-state index contributed by atoms with van der Waals surface area (Å²) in [5.41, 5.74) is 7.03. The maximum atomic E-state index is 5.61. The highest BCUT2D eigenvalue weighted by Crippen LogP contribution is 2.08. The Kier molecular flexibility index (Phi) is 2.90. The van der Waals surface area contributed by atoms with Crippen LogP contribution in [0.3, 0.4) is 0 Å². The van der Waals surface area contributed by atoms with E-state index in [1.165, 1.54) is 5.56 Å². The normalized spacial score (nSPS) is 13.4. The van der Waals surface area contributed by atoms with Gasteiger partial charge in [-0.25, -0.2) is 0 Å². The van der Waals surface area contributed by atoms with Crippen LogP contribution in [0.15, 0.2) is 16.8 Å². The van der Waals surface area contributed by atoms with Gasteiger partial charge in [-0.1, -0.05) is 0 Å². The van der Waals surface area contributed by atoms with Crippen molar-refractivity contribution in [2.75, 3.05) is 0 Å². The predicted molar refractivity (Wildman–Crippen MR) is 46.3 cm³/mol. The Labute approximate surface area is 65.9 Å². The van der Waals surface area contributed by atoms with Gasteiger partial charge in [-0.15, -0.1) is 0 Å². The maximum absolute atomic E-state index is 5.61. The fraction of sp³-hybridized carbons (Fsp3) is 0.500. The van der Waals surface area contributed by atoms with Crippen molar-refractivity contribution in [3.63, 3.8) is 0 Å². The third-order valence-corrected chi connectivity index (χ3v) is 2.20. The van der Waals surface area contributed by atoms with E-state index in [0.717, 1.165) is 12.8 Å². The van der Waals surface area contributed by atoms with Crippen LogP contribution in [0.4, 0.5) is 0 Å². The second-order valence-electron chi connectivity index (χ2n) is 2.65. The third kappa shape index (κ3) is 2.50. The van der Waals surface area contributed by atoms with E-state index in [1.54, 1.807) is 11.3 Å². The van der Waals surface area contributed by atoms with Crippen LogP contribution >= 0.6 is 11.3 Å². The zero-order valence-corrected chi connectivity index (χ0v) is 7.03. The molecule has 0 unspecified atom stereocenters. The maximum Gasteiger partial charge on any atom is 0.00136 e. The van der Waals surface area contributed by atoms with Gasteiger partial charge >= 0.3 is 0 Å². The molecule has 0 aliphatic rings. The monoisotopic (exact) mass is 155 g/mol. The van der Waals surface area contributed by atoms with Crippen LogP contribution in [-0.4, -0.2) is 6.04 Å². The van der Waals surface area contributed by atoms with Gasteiger partial charge in [-0.05, 0) is 42.2 Å². The molecule has 1 atom stereocenters. The first-order chi connectivity index (χ1) is 4.79. The molecule has 1 rings (SSSR count). The average molecular weight is 155 g/mol. The summed E-state index contributed by atoms with van der Waals surface area (Å²) < 4.78 is 0. The minimum absolute atomic E-state index is 0.333. The lowest BCUT2D eigenvalue weighted by Crippen LogP contribution is -2.15. The smallest absolute Gasteiger partial charge is 0.00136 e. The van der Waals surface area contributed by atoms with E-state index in [1.807, 2.05) is 6.92 Å². The van der Waals surface area contributed by atoms with Crippen LogP contribution in [0.1, 0.15) is 18.9 Å². The van der Waals surface area contributed by atoms with Crippen molar-refractivity contribution in [1.82, 2.24) is 0 Å². The van der Waals surface area contributed by atoms with Crippen molar-refractivity contribution in [3.05, 3.63) is 22.4 Å². The summed E-state index contributed by atoms with van der Waals surface area (Å²) in [5, 5.41) is 4.29. The molecule has 1 aromatic heterocycles. The molecule has 0 spiro atoms. The van der Waals surface area contributed by atoms with E-state index >= 15 is 0 Å². The number of rotatable bonds is 3. The zero-order valence-electron chi connectivity index (χ0n) is 6.21. The van der Waals surface area contributed by atoms with Gasteiger partial charge in [0.1, 0.15) is 0 Å². The lowest BCUT2D eigenvalue weighted by molar-refractivity contribution is 0.667. The molecule has 2 N–H and O–H groups in total. The predicted octanol–water partition coefficient (Wildman–Crippen LogP) is 2.03. The van der Waals surface area contributed by atoms with E-state index in [-0.39, 0.29) is 0 Å². The number of aryl methyl sites for hydroxylation is 1. The summed E-state index contributed by atoms with van der Waals surface area (Å²) in [7, 11) is 0. The van der Waals surface area contributed by atoms with Crippen molar-refractivity contribution in [2.24, 2.45) is 5.73 Å². The summed E-state index contributed by atoms with van der Waals surface area (Å²) in [5.74, 6) is 0. The number of hydrogen-bond donors (Lipinski definition) is 1. The van der Waals surface area contributed by atoms with E-state index < -0.39 is 0 Å². The summed E-state index contributed by atoms with van der Waals surface area (Å²) in [6.07, 6.45) is 2.22. The minimum Gasteiger partial charge on any atom is -0.328 e. The van der Waals surface area contributed by atoms with Crippen molar-refractivity contribution in [1.29, 1.82) is 0 Å².